The predicted molar refractivity (Wildman–Crippen MR) is 83.0 cm³/mol. The maximum atomic E-state index is 13.1. The molecule has 2 atom stereocenters. The van der Waals surface area contributed by atoms with Crippen LogP contribution in [0.5, 0.6) is 0 Å². The number of nitrogens with zero attached hydrogens (tertiary/aromatic N) is 3. The van der Waals surface area contributed by atoms with E-state index in [1.807, 2.05) is 0 Å². The lowest BCUT2D eigenvalue weighted by Gasteiger charge is -2.24. The zero-order valence-electron chi connectivity index (χ0n) is 12.2. The second-order valence-electron chi connectivity index (χ2n) is 4.89. The average Bonchev–Trinajstić information content (AvgIpc) is 3.10. The minimum Gasteiger partial charge on any atom is -0.457 e. The van der Waals surface area contributed by atoms with E-state index in [2.05, 4.69) is 4.98 Å². The summed E-state index contributed by atoms with van der Waals surface area (Å²) in [7, 11) is -1.42. The van der Waals surface area contributed by atoms with Crippen molar-refractivity contribution in [3.8, 4) is 0 Å². The highest BCUT2D eigenvalue weighted by atomic mass is 32.2. The van der Waals surface area contributed by atoms with Crippen LogP contribution < -0.4 is 4.41 Å². The SMILES string of the molecule is CCOC(=O)S1=CC(C(F)(F)F)CN1n1cnc2ccccc21. The van der Waals surface area contributed by atoms with Gasteiger partial charge in [0.15, 0.2) is 0 Å². The van der Waals surface area contributed by atoms with Gasteiger partial charge in [0.05, 0.1) is 24.2 Å². The van der Waals surface area contributed by atoms with Crippen LogP contribution in [0.4, 0.5) is 18.0 Å². The maximum Gasteiger partial charge on any atom is 0.397 e. The normalized spacial score (nSPS) is 21.5. The zero-order chi connectivity index (χ0) is 16.6. The first kappa shape index (κ1) is 15.9. The van der Waals surface area contributed by atoms with Crippen LogP contribution in [0.25, 0.3) is 11.0 Å². The lowest BCUT2D eigenvalue weighted by Crippen LogP contribution is -2.34. The molecule has 0 spiro atoms. The molecule has 0 radical (unpaired) electrons. The van der Waals surface area contributed by atoms with Crippen molar-refractivity contribution in [1.82, 2.24) is 9.66 Å². The monoisotopic (exact) mass is 345 g/mol. The highest BCUT2D eigenvalue weighted by molar-refractivity contribution is 8.28. The Morgan fingerprint density at radius 3 is 2.87 bits per heavy atom. The largest absolute Gasteiger partial charge is 0.457 e. The van der Waals surface area contributed by atoms with Crippen LogP contribution in [0.3, 0.4) is 0 Å². The van der Waals surface area contributed by atoms with Gasteiger partial charge in [-0.2, -0.15) is 13.2 Å². The fourth-order valence-corrected chi connectivity index (χ4v) is 4.18. The molecule has 124 valence electrons. The topological polar surface area (TPSA) is 47.4 Å². The van der Waals surface area contributed by atoms with E-state index in [-0.39, 0.29) is 13.2 Å². The van der Waals surface area contributed by atoms with Crippen molar-refractivity contribution in [2.75, 3.05) is 17.6 Å². The van der Waals surface area contributed by atoms with Crippen LogP contribution in [0, 0.1) is 5.92 Å². The van der Waals surface area contributed by atoms with Crippen LogP contribution in [0.2, 0.25) is 0 Å². The smallest absolute Gasteiger partial charge is 0.397 e. The summed E-state index contributed by atoms with van der Waals surface area (Å²) < 4.78 is 47.0. The number of aromatic nitrogens is 2. The lowest BCUT2D eigenvalue weighted by molar-refractivity contribution is -0.150. The molecule has 23 heavy (non-hydrogen) atoms. The van der Waals surface area contributed by atoms with E-state index in [1.165, 1.54) is 15.4 Å². The molecule has 3 rings (SSSR count). The Balaban J connectivity index is 2.03. The van der Waals surface area contributed by atoms with Gasteiger partial charge in [-0.15, -0.1) is 0 Å². The zero-order valence-corrected chi connectivity index (χ0v) is 13.0. The number of fused-ring (bicyclic) bond motifs is 1. The van der Waals surface area contributed by atoms with Gasteiger partial charge in [-0.05, 0) is 24.4 Å². The standard InChI is InChI=1S/C14H14F3N3O2S/c1-2-22-13(21)23-8-10(14(15,16)17)7-20(23)19-9-18-11-5-3-4-6-12(11)19/h3-6,8-10H,2,7H2,1H3. The van der Waals surface area contributed by atoms with Gasteiger partial charge >= 0.3 is 11.5 Å². The van der Waals surface area contributed by atoms with Crippen molar-refractivity contribution < 1.29 is 22.7 Å². The molecule has 2 aromatic rings. The van der Waals surface area contributed by atoms with Gasteiger partial charge in [0.1, 0.15) is 12.2 Å². The van der Waals surface area contributed by atoms with E-state index < -0.39 is 28.1 Å². The first-order valence-electron chi connectivity index (χ1n) is 6.93. The Morgan fingerprint density at radius 1 is 1.43 bits per heavy atom. The van der Waals surface area contributed by atoms with Gasteiger partial charge in [-0.1, -0.05) is 12.1 Å². The number of rotatable bonds is 2. The molecule has 0 amide bonds. The third kappa shape index (κ3) is 2.92. The van der Waals surface area contributed by atoms with E-state index in [0.717, 1.165) is 5.37 Å². The Labute approximate surface area is 132 Å². The highest BCUT2D eigenvalue weighted by Crippen LogP contribution is 2.37. The molecule has 1 aliphatic heterocycles. The Morgan fingerprint density at radius 2 is 2.17 bits per heavy atom. The summed E-state index contributed by atoms with van der Waals surface area (Å²) in [6, 6.07) is 7.06. The second-order valence-corrected chi connectivity index (χ2v) is 6.55. The van der Waals surface area contributed by atoms with Gasteiger partial charge in [0.25, 0.3) is 0 Å². The molecule has 0 fully saturated rings. The van der Waals surface area contributed by atoms with Gasteiger partial charge in [0, 0.05) is 10.7 Å². The van der Waals surface area contributed by atoms with Crippen molar-refractivity contribution >= 4 is 32.4 Å². The van der Waals surface area contributed by atoms with Gasteiger partial charge < -0.3 is 4.74 Å². The predicted octanol–water partition coefficient (Wildman–Crippen LogP) is 3.31. The average molecular weight is 345 g/mol. The molecule has 9 heteroatoms. The molecule has 0 N–H and O–H groups in total. The quantitative estimate of drug-likeness (QED) is 0.619. The van der Waals surface area contributed by atoms with Gasteiger partial charge in [-0.3, -0.25) is 0 Å². The Bertz CT molecular complexity index is 772. The number of imidazole rings is 1. The minimum atomic E-state index is -4.40. The number of carbonyl (C=O) groups excluding carboxylic acids is 1. The first-order chi connectivity index (χ1) is 10.9. The number of halogens is 3. The van der Waals surface area contributed by atoms with Gasteiger partial charge in [0.2, 0.25) is 0 Å². The molecule has 2 heterocycles. The lowest BCUT2D eigenvalue weighted by atomic mass is 10.2. The summed E-state index contributed by atoms with van der Waals surface area (Å²) in [5.74, 6) is -1.68. The molecule has 1 aliphatic rings. The summed E-state index contributed by atoms with van der Waals surface area (Å²) in [6.45, 7) is 1.40. The summed E-state index contributed by atoms with van der Waals surface area (Å²) in [4.78, 5) is 16.2. The fraction of sp³-hybridized carbons (Fsp3) is 0.357. The Hall–Kier alpha value is -2.03. The number of carbonyl (C=O) groups is 1. The molecule has 1 aromatic carbocycles. The minimum absolute atomic E-state index is 0.116. The van der Waals surface area contributed by atoms with Crippen molar-refractivity contribution in [3.63, 3.8) is 0 Å². The van der Waals surface area contributed by atoms with E-state index >= 15 is 0 Å². The fourth-order valence-electron chi connectivity index (χ4n) is 2.32. The molecule has 1 aromatic heterocycles. The number of para-hydroxylation sites is 2. The third-order valence-electron chi connectivity index (χ3n) is 3.40. The molecule has 0 aliphatic carbocycles. The number of ether oxygens (including phenoxy) is 1. The van der Waals surface area contributed by atoms with E-state index in [0.29, 0.717) is 11.0 Å². The van der Waals surface area contributed by atoms with Crippen LogP contribution in [0.15, 0.2) is 30.6 Å². The summed E-state index contributed by atoms with van der Waals surface area (Å²) in [6.07, 6.45) is -2.97. The second kappa shape index (κ2) is 5.88. The van der Waals surface area contributed by atoms with Crippen LogP contribution in [-0.4, -0.2) is 39.7 Å². The molecule has 5 nitrogen and oxygen atoms in total. The van der Waals surface area contributed by atoms with Crippen molar-refractivity contribution in [3.05, 3.63) is 30.6 Å². The molecule has 0 bridgehead atoms. The van der Waals surface area contributed by atoms with Crippen molar-refractivity contribution in [2.24, 2.45) is 5.92 Å². The van der Waals surface area contributed by atoms with Crippen LogP contribution in [-0.2, 0) is 4.74 Å². The number of hydrogen-bond acceptors (Lipinski definition) is 4. The molecule has 2 unspecified atom stereocenters. The van der Waals surface area contributed by atoms with E-state index in [4.69, 9.17) is 4.74 Å². The first-order valence-corrected chi connectivity index (χ1v) is 8.18. The summed E-state index contributed by atoms with van der Waals surface area (Å²) >= 11 is 0. The summed E-state index contributed by atoms with van der Waals surface area (Å²) in [5, 5.41) is 0.351. The van der Waals surface area contributed by atoms with Crippen molar-refractivity contribution in [2.45, 2.75) is 13.1 Å². The number of hydrogen-bond donors (Lipinski definition) is 0. The number of benzene rings is 1. The van der Waals surface area contributed by atoms with Gasteiger partial charge in [-0.25, -0.2) is 18.9 Å². The Kier molecular flexibility index (Phi) is 4.05. The van der Waals surface area contributed by atoms with Crippen LogP contribution >= 0.6 is 10.7 Å². The van der Waals surface area contributed by atoms with Crippen LogP contribution in [0.1, 0.15) is 6.92 Å². The summed E-state index contributed by atoms with van der Waals surface area (Å²) in [5.41, 5.74) is 1.29. The third-order valence-corrected chi connectivity index (χ3v) is 5.23. The van der Waals surface area contributed by atoms with E-state index in [9.17, 15) is 18.0 Å². The van der Waals surface area contributed by atoms with Crippen molar-refractivity contribution in [1.29, 1.82) is 0 Å². The number of alkyl halides is 3. The molecular formula is C14H14F3N3O2S. The molecule has 0 saturated heterocycles. The molecular weight excluding hydrogens is 331 g/mol. The van der Waals surface area contributed by atoms with E-state index in [1.54, 1.807) is 31.2 Å². The highest BCUT2D eigenvalue weighted by Gasteiger charge is 2.45. The molecule has 0 saturated carbocycles. The maximum absolute atomic E-state index is 13.1.